The molecule has 0 unspecified atom stereocenters. The average molecular weight is 343 g/mol. The summed E-state index contributed by atoms with van der Waals surface area (Å²) >= 11 is 5.18. The number of hydrogen-bond acceptors (Lipinski definition) is 5. The highest BCUT2D eigenvalue weighted by atomic mass is 32.1. The van der Waals surface area contributed by atoms with E-state index in [1.54, 1.807) is 27.6 Å². The minimum absolute atomic E-state index is 0.359. The van der Waals surface area contributed by atoms with Gasteiger partial charge in [0.2, 0.25) is 4.77 Å². The van der Waals surface area contributed by atoms with Crippen molar-refractivity contribution in [2.45, 2.75) is 0 Å². The number of nitrogens with one attached hydrogen (secondary N) is 1. The monoisotopic (exact) mass is 343 g/mol. The van der Waals surface area contributed by atoms with Crippen LogP contribution in [-0.2, 0) is 0 Å². The van der Waals surface area contributed by atoms with E-state index in [1.165, 1.54) is 0 Å². The normalized spacial score (nSPS) is 11.3. The first kappa shape index (κ1) is 13.8. The zero-order valence-electron chi connectivity index (χ0n) is 12.7. The summed E-state index contributed by atoms with van der Waals surface area (Å²) in [5.74, 6) is 0. The van der Waals surface area contributed by atoms with Crippen LogP contribution >= 0.6 is 12.2 Å². The molecule has 0 radical (unpaired) electrons. The van der Waals surface area contributed by atoms with Gasteiger partial charge in [-0.15, -0.1) is 0 Å². The third-order valence-corrected chi connectivity index (χ3v) is 4.34. The van der Waals surface area contributed by atoms with Crippen LogP contribution in [0.5, 0.6) is 0 Å². The second kappa shape index (κ2) is 4.96. The highest BCUT2D eigenvalue weighted by Crippen LogP contribution is 2.35. The number of nitriles is 1. The molecule has 0 fully saturated rings. The van der Waals surface area contributed by atoms with E-state index in [2.05, 4.69) is 26.1 Å². The van der Waals surface area contributed by atoms with Crippen LogP contribution in [0.15, 0.2) is 49.1 Å². The van der Waals surface area contributed by atoms with Gasteiger partial charge < -0.3 is 0 Å². The van der Waals surface area contributed by atoms with E-state index in [0.29, 0.717) is 27.3 Å². The molecule has 1 N–H and O–H groups in total. The Kier molecular flexibility index (Phi) is 2.74. The number of hydrogen-bond donors (Lipinski definition) is 1. The smallest absolute Gasteiger partial charge is 0.214 e. The van der Waals surface area contributed by atoms with E-state index in [9.17, 15) is 5.26 Å². The molecule has 0 bridgehead atoms. The van der Waals surface area contributed by atoms with E-state index in [4.69, 9.17) is 12.2 Å². The lowest BCUT2D eigenvalue weighted by atomic mass is 9.98. The summed E-state index contributed by atoms with van der Waals surface area (Å²) in [5.41, 5.74) is 4.00. The molecule has 25 heavy (non-hydrogen) atoms. The van der Waals surface area contributed by atoms with Crippen molar-refractivity contribution in [1.82, 2.24) is 29.0 Å². The lowest BCUT2D eigenvalue weighted by Crippen LogP contribution is -2.02. The van der Waals surface area contributed by atoms with Gasteiger partial charge in [-0.05, 0) is 17.8 Å². The van der Waals surface area contributed by atoms with Crippen molar-refractivity contribution in [2.24, 2.45) is 0 Å². The van der Waals surface area contributed by atoms with Crippen LogP contribution in [-0.4, -0.2) is 29.0 Å². The predicted molar refractivity (Wildman–Crippen MR) is 94.6 cm³/mol. The number of aromatic amines is 1. The van der Waals surface area contributed by atoms with Gasteiger partial charge in [0.25, 0.3) is 0 Å². The Morgan fingerprint density at radius 1 is 1.08 bits per heavy atom. The van der Waals surface area contributed by atoms with Crippen molar-refractivity contribution in [2.75, 3.05) is 0 Å². The summed E-state index contributed by atoms with van der Waals surface area (Å²) < 4.78 is 3.83. The standard InChI is InChI=1S/C17H9N7S/c18-8-11-12(10-4-2-1-3-5-10)13-15(23-7-6-19-14(11)23)20-9-24-16(13)21-17(25)22-24/h1-7,9H,(H,22,25). The molecule has 0 aliphatic carbocycles. The number of rotatable bonds is 1. The van der Waals surface area contributed by atoms with Crippen molar-refractivity contribution in [3.63, 3.8) is 0 Å². The lowest BCUT2D eigenvalue weighted by Gasteiger charge is -2.12. The largest absolute Gasteiger partial charge is 0.283 e. The first-order chi connectivity index (χ1) is 12.3. The van der Waals surface area contributed by atoms with Gasteiger partial charge >= 0.3 is 0 Å². The molecule has 0 aliphatic heterocycles. The second-order valence-corrected chi connectivity index (χ2v) is 5.90. The minimum Gasteiger partial charge on any atom is -0.283 e. The Balaban J connectivity index is 2.16. The van der Waals surface area contributed by atoms with Gasteiger partial charge in [0.1, 0.15) is 18.0 Å². The summed E-state index contributed by atoms with van der Waals surface area (Å²) in [4.78, 5) is 13.3. The maximum Gasteiger partial charge on any atom is 0.214 e. The Morgan fingerprint density at radius 2 is 1.92 bits per heavy atom. The summed E-state index contributed by atoms with van der Waals surface area (Å²) in [6.07, 6.45) is 5.07. The molecule has 5 rings (SSSR count). The number of H-pyrrole nitrogens is 1. The van der Waals surface area contributed by atoms with Crippen LogP contribution in [0.4, 0.5) is 0 Å². The molecular weight excluding hydrogens is 334 g/mol. The molecule has 7 nitrogen and oxygen atoms in total. The molecule has 0 spiro atoms. The predicted octanol–water partition coefficient (Wildman–Crippen LogP) is 3.13. The minimum atomic E-state index is 0.359. The quantitative estimate of drug-likeness (QED) is 0.473. The van der Waals surface area contributed by atoms with Crippen LogP contribution in [0.3, 0.4) is 0 Å². The van der Waals surface area contributed by atoms with Crippen molar-refractivity contribution in [1.29, 1.82) is 5.26 Å². The molecule has 4 heterocycles. The summed E-state index contributed by atoms with van der Waals surface area (Å²) in [7, 11) is 0. The maximum atomic E-state index is 9.85. The van der Waals surface area contributed by atoms with Crippen molar-refractivity contribution in [3.8, 4) is 17.2 Å². The lowest BCUT2D eigenvalue weighted by molar-refractivity contribution is 0.921. The van der Waals surface area contributed by atoms with Crippen molar-refractivity contribution in [3.05, 3.63) is 59.4 Å². The zero-order chi connectivity index (χ0) is 17.0. The third-order valence-electron chi connectivity index (χ3n) is 4.16. The number of nitrogens with zero attached hydrogens (tertiary/aromatic N) is 6. The Bertz CT molecular complexity index is 1370. The fraction of sp³-hybridized carbons (Fsp3) is 0. The Morgan fingerprint density at radius 3 is 2.72 bits per heavy atom. The van der Waals surface area contributed by atoms with Gasteiger partial charge in [0, 0.05) is 18.0 Å². The first-order valence-electron chi connectivity index (χ1n) is 7.49. The fourth-order valence-corrected chi connectivity index (χ4v) is 3.35. The van der Waals surface area contributed by atoms with Gasteiger partial charge in [-0.2, -0.15) is 10.2 Å². The zero-order valence-corrected chi connectivity index (χ0v) is 13.5. The SMILES string of the molecule is N#Cc1c(-c2ccccc2)c2c3nc(=S)[nH]n3cnc2n2ccnc12. The van der Waals surface area contributed by atoms with Gasteiger partial charge in [-0.25, -0.2) is 14.5 Å². The molecule has 4 aromatic heterocycles. The fourth-order valence-electron chi connectivity index (χ4n) is 3.17. The molecule has 0 atom stereocenters. The summed E-state index contributed by atoms with van der Waals surface area (Å²) in [5, 5.41) is 13.6. The van der Waals surface area contributed by atoms with E-state index < -0.39 is 0 Å². The molecule has 1 aromatic carbocycles. The molecule has 118 valence electrons. The van der Waals surface area contributed by atoms with E-state index >= 15 is 0 Å². The molecule has 0 saturated heterocycles. The summed E-state index contributed by atoms with van der Waals surface area (Å²) in [6.45, 7) is 0. The van der Waals surface area contributed by atoms with E-state index in [0.717, 1.165) is 16.5 Å². The van der Waals surface area contributed by atoms with Crippen LogP contribution in [0.25, 0.3) is 33.5 Å². The third kappa shape index (κ3) is 1.84. The Hall–Kier alpha value is -3.57. The number of benzene rings is 1. The molecule has 0 aliphatic rings. The van der Waals surface area contributed by atoms with Crippen LogP contribution < -0.4 is 0 Å². The summed E-state index contributed by atoms with van der Waals surface area (Å²) in [6, 6.07) is 12.0. The van der Waals surface area contributed by atoms with Crippen LogP contribution in [0.2, 0.25) is 0 Å². The highest BCUT2D eigenvalue weighted by Gasteiger charge is 2.20. The molecule has 0 amide bonds. The number of fused-ring (bicyclic) bond motifs is 5. The first-order valence-corrected chi connectivity index (χ1v) is 7.90. The van der Waals surface area contributed by atoms with E-state index in [-0.39, 0.29) is 0 Å². The number of imidazole rings is 1. The van der Waals surface area contributed by atoms with Gasteiger partial charge in [-0.3, -0.25) is 9.50 Å². The van der Waals surface area contributed by atoms with E-state index in [1.807, 2.05) is 30.3 Å². The van der Waals surface area contributed by atoms with Gasteiger partial charge in [0.05, 0.1) is 5.39 Å². The number of pyridine rings is 1. The Labute approximate surface area is 145 Å². The molecule has 0 saturated carbocycles. The molecular formula is C17H9N7S. The molecule has 5 aromatic rings. The van der Waals surface area contributed by atoms with Gasteiger partial charge in [-0.1, -0.05) is 30.3 Å². The number of aromatic nitrogens is 6. The van der Waals surface area contributed by atoms with Crippen LogP contribution in [0.1, 0.15) is 5.56 Å². The maximum absolute atomic E-state index is 9.85. The van der Waals surface area contributed by atoms with Crippen molar-refractivity contribution < 1.29 is 0 Å². The molecule has 8 heteroatoms. The second-order valence-electron chi connectivity index (χ2n) is 5.51. The van der Waals surface area contributed by atoms with Crippen molar-refractivity contribution >= 4 is 34.5 Å². The average Bonchev–Trinajstić information content (AvgIpc) is 3.26. The van der Waals surface area contributed by atoms with Crippen LogP contribution in [0, 0.1) is 16.1 Å². The highest BCUT2D eigenvalue weighted by molar-refractivity contribution is 7.71. The topological polar surface area (TPSA) is 87.1 Å². The van der Waals surface area contributed by atoms with Gasteiger partial charge in [0.15, 0.2) is 16.9 Å².